The van der Waals surface area contributed by atoms with Gasteiger partial charge in [0.1, 0.15) is 0 Å². The van der Waals surface area contributed by atoms with Crippen molar-refractivity contribution < 1.29 is 9.59 Å². The fourth-order valence-corrected chi connectivity index (χ4v) is 3.75. The fourth-order valence-electron chi connectivity index (χ4n) is 3.75. The SMILES string of the molecule is Cc1ccc(-n2cc(C(=O)N3CCCC(N4CCNCC4=O)C3)nn2)cc1.Cl. The minimum absolute atomic E-state index is 0. The molecule has 0 radical (unpaired) electrons. The number of rotatable bonds is 3. The topological polar surface area (TPSA) is 83.4 Å². The van der Waals surface area contributed by atoms with Crippen LogP contribution in [0.2, 0.25) is 0 Å². The molecule has 3 heterocycles. The van der Waals surface area contributed by atoms with Gasteiger partial charge in [0.05, 0.1) is 18.4 Å². The van der Waals surface area contributed by atoms with E-state index in [0.717, 1.165) is 30.6 Å². The third kappa shape index (κ3) is 4.18. The molecule has 0 bridgehead atoms. The Labute approximate surface area is 170 Å². The van der Waals surface area contributed by atoms with Gasteiger partial charge in [0.2, 0.25) is 5.91 Å². The monoisotopic (exact) mass is 404 g/mol. The molecule has 1 unspecified atom stereocenters. The molecule has 8 nitrogen and oxygen atoms in total. The molecule has 2 aliphatic heterocycles. The number of hydrogen-bond acceptors (Lipinski definition) is 5. The molecule has 1 aromatic carbocycles. The molecule has 2 aromatic rings. The van der Waals surface area contributed by atoms with Gasteiger partial charge in [-0.05, 0) is 31.9 Å². The van der Waals surface area contributed by atoms with Gasteiger partial charge in [-0.25, -0.2) is 4.68 Å². The van der Waals surface area contributed by atoms with Gasteiger partial charge >= 0.3 is 0 Å². The van der Waals surface area contributed by atoms with Gasteiger partial charge in [0.25, 0.3) is 5.91 Å². The molecular weight excluding hydrogens is 380 g/mol. The molecule has 0 saturated carbocycles. The summed E-state index contributed by atoms with van der Waals surface area (Å²) >= 11 is 0. The van der Waals surface area contributed by atoms with Crippen molar-refractivity contribution in [1.29, 1.82) is 0 Å². The van der Waals surface area contributed by atoms with Crippen LogP contribution >= 0.6 is 12.4 Å². The molecular formula is C19H25ClN6O2. The highest BCUT2D eigenvalue weighted by atomic mass is 35.5. The number of aryl methyl sites for hydroxylation is 1. The summed E-state index contributed by atoms with van der Waals surface area (Å²) in [6.07, 6.45) is 3.50. The van der Waals surface area contributed by atoms with Crippen LogP contribution in [-0.2, 0) is 4.79 Å². The van der Waals surface area contributed by atoms with Crippen molar-refractivity contribution in [1.82, 2.24) is 30.1 Å². The van der Waals surface area contributed by atoms with Crippen LogP contribution in [0.1, 0.15) is 28.9 Å². The number of amides is 2. The van der Waals surface area contributed by atoms with Gasteiger partial charge in [0.15, 0.2) is 5.69 Å². The van der Waals surface area contributed by atoms with E-state index < -0.39 is 0 Å². The summed E-state index contributed by atoms with van der Waals surface area (Å²) in [7, 11) is 0. The first-order valence-electron chi connectivity index (χ1n) is 9.40. The van der Waals surface area contributed by atoms with E-state index in [0.29, 0.717) is 31.9 Å². The van der Waals surface area contributed by atoms with Crippen LogP contribution in [0, 0.1) is 6.92 Å². The standard InChI is InChI=1S/C19H24N6O2.ClH/c1-14-4-6-15(7-5-14)25-13-17(21-22-25)19(27)23-9-2-3-16(12-23)24-10-8-20-11-18(24)26;/h4-7,13,16,20H,2-3,8-12H2,1H3;1H. The summed E-state index contributed by atoms with van der Waals surface area (Å²) in [5.74, 6) is -0.00786. The zero-order valence-electron chi connectivity index (χ0n) is 15.9. The van der Waals surface area contributed by atoms with Crippen LogP contribution in [0.15, 0.2) is 30.5 Å². The highest BCUT2D eigenvalue weighted by Crippen LogP contribution is 2.19. The zero-order valence-corrected chi connectivity index (χ0v) is 16.7. The van der Waals surface area contributed by atoms with E-state index in [1.165, 1.54) is 0 Å². The van der Waals surface area contributed by atoms with Gasteiger partial charge in [0, 0.05) is 32.2 Å². The first kappa shape index (κ1) is 20.3. The van der Waals surface area contributed by atoms with E-state index >= 15 is 0 Å². The number of halogens is 1. The summed E-state index contributed by atoms with van der Waals surface area (Å²) in [5.41, 5.74) is 2.37. The van der Waals surface area contributed by atoms with Crippen molar-refractivity contribution in [3.8, 4) is 5.69 Å². The Hall–Kier alpha value is -2.45. The van der Waals surface area contributed by atoms with Crippen LogP contribution < -0.4 is 5.32 Å². The predicted molar refractivity (Wildman–Crippen MR) is 107 cm³/mol. The lowest BCUT2D eigenvalue weighted by Gasteiger charge is -2.40. The van der Waals surface area contributed by atoms with Crippen LogP contribution in [0.4, 0.5) is 0 Å². The number of piperidine rings is 1. The van der Waals surface area contributed by atoms with Gasteiger partial charge in [-0.3, -0.25) is 9.59 Å². The summed E-state index contributed by atoms with van der Waals surface area (Å²) in [6.45, 7) is 5.16. The quantitative estimate of drug-likeness (QED) is 0.826. The third-order valence-electron chi connectivity index (χ3n) is 5.26. The van der Waals surface area contributed by atoms with Gasteiger partial charge < -0.3 is 15.1 Å². The number of carbonyl (C=O) groups excluding carboxylic acids is 2. The lowest BCUT2D eigenvalue weighted by atomic mass is 10.0. The van der Waals surface area contributed by atoms with E-state index in [2.05, 4.69) is 15.6 Å². The fraction of sp³-hybridized carbons (Fsp3) is 0.474. The molecule has 1 N–H and O–H groups in total. The average molecular weight is 405 g/mol. The van der Waals surface area contributed by atoms with Crippen molar-refractivity contribution in [3.05, 3.63) is 41.7 Å². The Bertz CT molecular complexity index is 837. The maximum Gasteiger partial charge on any atom is 0.276 e. The second kappa shape index (κ2) is 8.70. The second-order valence-electron chi connectivity index (χ2n) is 7.20. The molecule has 4 rings (SSSR count). The smallest absolute Gasteiger partial charge is 0.276 e. The minimum Gasteiger partial charge on any atom is -0.336 e. The first-order valence-corrected chi connectivity index (χ1v) is 9.40. The lowest BCUT2D eigenvalue weighted by molar-refractivity contribution is -0.135. The molecule has 1 aromatic heterocycles. The number of nitrogens with zero attached hydrogens (tertiary/aromatic N) is 5. The van der Waals surface area contributed by atoms with Crippen molar-refractivity contribution in [2.75, 3.05) is 32.7 Å². The number of piperazine rings is 1. The number of nitrogens with one attached hydrogen (secondary N) is 1. The number of aromatic nitrogens is 3. The molecule has 0 spiro atoms. The Morgan fingerprint density at radius 1 is 1.21 bits per heavy atom. The van der Waals surface area contributed by atoms with Crippen LogP contribution in [0.5, 0.6) is 0 Å². The summed E-state index contributed by atoms with van der Waals surface area (Å²) in [5, 5.41) is 11.3. The molecule has 28 heavy (non-hydrogen) atoms. The molecule has 0 aliphatic carbocycles. The number of likely N-dealkylation sites (tertiary alicyclic amines) is 1. The maximum atomic E-state index is 12.9. The van der Waals surface area contributed by atoms with E-state index in [-0.39, 0.29) is 30.3 Å². The van der Waals surface area contributed by atoms with Gasteiger partial charge in [-0.15, -0.1) is 17.5 Å². The summed E-state index contributed by atoms with van der Waals surface area (Å²) in [4.78, 5) is 28.8. The van der Waals surface area contributed by atoms with Crippen molar-refractivity contribution in [2.45, 2.75) is 25.8 Å². The molecule has 2 fully saturated rings. The Morgan fingerprint density at radius 3 is 2.75 bits per heavy atom. The summed E-state index contributed by atoms with van der Waals surface area (Å²) < 4.78 is 1.62. The third-order valence-corrected chi connectivity index (χ3v) is 5.26. The Morgan fingerprint density at radius 2 is 2.00 bits per heavy atom. The zero-order chi connectivity index (χ0) is 18.8. The van der Waals surface area contributed by atoms with Crippen molar-refractivity contribution in [3.63, 3.8) is 0 Å². The molecule has 1 atom stereocenters. The van der Waals surface area contributed by atoms with Crippen molar-refractivity contribution in [2.24, 2.45) is 0 Å². The molecule has 9 heteroatoms. The van der Waals surface area contributed by atoms with E-state index in [1.807, 2.05) is 36.1 Å². The van der Waals surface area contributed by atoms with Crippen LogP contribution in [0.25, 0.3) is 5.69 Å². The maximum absolute atomic E-state index is 12.9. The largest absolute Gasteiger partial charge is 0.336 e. The van der Waals surface area contributed by atoms with Gasteiger partial charge in [-0.1, -0.05) is 22.9 Å². The summed E-state index contributed by atoms with van der Waals surface area (Å²) in [6, 6.07) is 7.98. The van der Waals surface area contributed by atoms with Crippen molar-refractivity contribution >= 4 is 24.2 Å². The second-order valence-corrected chi connectivity index (χ2v) is 7.20. The number of carbonyl (C=O) groups is 2. The molecule has 2 aliphatic rings. The lowest BCUT2D eigenvalue weighted by Crippen LogP contribution is -2.57. The highest BCUT2D eigenvalue weighted by molar-refractivity contribution is 5.92. The molecule has 2 amide bonds. The van der Waals surface area contributed by atoms with E-state index in [4.69, 9.17) is 0 Å². The predicted octanol–water partition coefficient (Wildman–Crippen LogP) is 1.03. The van der Waals surface area contributed by atoms with Gasteiger partial charge in [-0.2, -0.15) is 0 Å². The molecule has 150 valence electrons. The Balaban J connectivity index is 0.00000225. The first-order chi connectivity index (χ1) is 13.1. The van der Waals surface area contributed by atoms with E-state index in [9.17, 15) is 9.59 Å². The average Bonchev–Trinajstić information content (AvgIpc) is 3.18. The molecule has 2 saturated heterocycles. The van der Waals surface area contributed by atoms with Crippen LogP contribution in [0.3, 0.4) is 0 Å². The minimum atomic E-state index is -0.124. The number of benzene rings is 1. The Kier molecular flexibility index (Phi) is 6.31. The number of hydrogen-bond donors (Lipinski definition) is 1. The van der Waals surface area contributed by atoms with E-state index in [1.54, 1.807) is 15.8 Å². The highest BCUT2D eigenvalue weighted by Gasteiger charge is 2.32. The van der Waals surface area contributed by atoms with Crippen LogP contribution in [-0.4, -0.2) is 75.4 Å². The normalized spacial score (nSPS) is 20.0.